The number of hydrogen-bond donors (Lipinski definition) is 1. The molecule has 0 saturated heterocycles. The van der Waals surface area contributed by atoms with Gasteiger partial charge in [0, 0.05) is 11.8 Å². The van der Waals surface area contributed by atoms with Gasteiger partial charge in [0.1, 0.15) is 0 Å². The Kier molecular flexibility index (Phi) is 7.22. The number of anilines is 1. The van der Waals surface area contributed by atoms with Crippen molar-refractivity contribution in [1.29, 1.82) is 5.26 Å². The monoisotopic (exact) mass is 388 g/mol. The van der Waals surface area contributed by atoms with Crippen LogP contribution in [0.1, 0.15) is 11.1 Å². The van der Waals surface area contributed by atoms with Crippen LogP contribution < -0.4 is 5.32 Å². The van der Waals surface area contributed by atoms with E-state index in [-0.39, 0.29) is 0 Å². The van der Waals surface area contributed by atoms with Gasteiger partial charge in [0.2, 0.25) is 0 Å². The van der Waals surface area contributed by atoms with E-state index < -0.39 is 18.5 Å². The summed E-state index contributed by atoms with van der Waals surface area (Å²) < 4.78 is 4.87. The number of amides is 1. The van der Waals surface area contributed by atoms with E-state index in [2.05, 4.69) is 5.32 Å². The molecule has 2 aromatic carbocycles. The van der Waals surface area contributed by atoms with E-state index in [1.165, 1.54) is 12.2 Å². The SMILES string of the molecule is N#CCc1ccc(NC(=O)COC(=O)/C=C/c2ccc(Cl)c(Cl)c2)cc1. The number of ether oxygens (including phenoxy) is 1. The third kappa shape index (κ3) is 6.25. The smallest absolute Gasteiger partial charge is 0.331 e. The van der Waals surface area contributed by atoms with Crippen molar-refractivity contribution >= 4 is 46.8 Å². The number of carbonyl (C=O) groups excluding carboxylic acids is 2. The van der Waals surface area contributed by atoms with E-state index in [0.29, 0.717) is 27.7 Å². The van der Waals surface area contributed by atoms with Crippen LogP contribution in [-0.2, 0) is 20.7 Å². The van der Waals surface area contributed by atoms with Gasteiger partial charge in [-0.25, -0.2) is 4.79 Å². The maximum absolute atomic E-state index is 11.8. The Labute approximate surface area is 160 Å². The molecule has 0 saturated carbocycles. The van der Waals surface area contributed by atoms with Crippen molar-refractivity contribution in [3.05, 3.63) is 69.7 Å². The molecule has 7 heteroatoms. The van der Waals surface area contributed by atoms with Gasteiger partial charge in [0.05, 0.1) is 22.5 Å². The maximum Gasteiger partial charge on any atom is 0.331 e. The Balaban J connectivity index is 1.80. The first-order valence-corrected chi connectivity index (χ1v) is 8.29. The van der Waals surface area contributed by atoms with Crippen LogP contribution in [0.2, 0.25) is 10.0 Å². The van der Waals surface area contributed by atoms with Gasteiger partial charge < -0.3 is 10.1 Å². The Hall–Kier alpha value is -2.81. The van der Waals surface area contributed by atoms with E-state index in [1.54, 1.807) is 42.5 Å². The van der Waals surface area contributed by atoms with Crippen molar-refractivity contribution in [3.63, 3.8) is 0 Å². The summed E-state index contributed by atoms with van der Waals surface area (Å²) in [7, 11) is 0. The highest BCUT2D eigenvalue weighted by Gasteiger charge is 2.06. The van der Waals surface area contributed by atoms with Crippen molar-refractivity contribution in [2.24, 2.45) is 0 Å². The van der Waals surface area contributed by atoms with Crippen LogP contribution in [-0.4, -0.2) is 18.5 Å². The highest BCUT2D eigenvalue weighted by Crippen LogP contribution is 2.23. The third-order valence-corrected chi connectivity index (χ3v) is 3.96. The Morgan fingerprint density at radius 1 is 1.12 bits per heavy atom. The van der Waals surface area contributed by atoms with Gasteiger partial charge in [-0.15, -0.1) is 0 Å². The summed E-state index contributed by atoms with van der Waals surface area (Å²) >= 11 is 11.7. The molecule has 0 aromatic heterocycles. The number of nitrogens with one attached hydrogen (secondary N) is 1. The summed E-state index contributed by atoms with van der Waals surface area (Å²) in [6.45, 7) is -0.412. The zero-order chi connectivity index (χ0) is 18.9. The minimum atomic E-state index is -0.657. The van der Waals surface area contributed by atoms with Gasteiger partial charge in [-0.3, -0.25) is 4.79 Å². The molecule has 1 N–H and O–H groups in total. The van der Waals surface area contributed by atoms with Gasteiger partial charge >= 0.3 is 5.97 Å². The number of nitriles is 1. The number of hydrogen-bond acceptors (Lipinski definition) is 4. The number of carbonyl (C=O) groups is 2. The Morgan fingerprint density at radius 2 is 1.85 bits per heavy atom. The molecule has 0 heterocycles. The molecule has 2 aromatic rings. The first kappa shape index (κ1) is 19.5. The Bertz CT molecular complexity index is 871. The zero-order valence-electron chi connectivity index (χ0n) is 13.5. The van der Waals surface area contributed by atoms with E-state index in [0.717, 1.165) is 5.56 Å². The van der Waals surface area contributed by atoms with Crippen LogP contribution >= 0.6 is 23.2 Å². The fourth-order valence-corrected chi connectivity index (χ4v) is 2.27. The molecule has 0 aliphatic rings. The predicted molar refractivity (Wildman–Crippen MR) is 101 cm³/mol. The highest BCUT2D eigenvalue weighted by molar-refractivity contribution is 6.42. The molecule has 0 fully saturated rings. The molecular weight excluding hydrogens is 375 g/mol. The molecular formula is C19H14Cl2N2O3. The van der Waals surface area contributed by atoms with Crippen molar-refractivity contribution in [3.8, 4) is 6.07 Å². The number of halogens is 2. The van der Waals surface area contributed by atoms with Crippen LogP contribution in [0.25, 0.3) is 6.08 Å². The summed E-state index contributed by atoms with van der Waals surface area (Å²) in [6, 6.07) is 13.8. The number of rotatable bonds is 6. The predicted octanol–water partition coefficient (Wildman–Crippen LogP) is 4.25. The molecule has 1 amide bonds. The lowest BCUT2D eigenvalue weighted by molar-refractivity contribution is -0.142. The number of esters is 1. The molecule has 5 nitrogen and oxygen atoms in total. The number of benzene rings is 2. The summed E-state index contributed by atoms with van der Waals surface area (Å²) in [5.74, 6) is -1.12. The second-order valence-electron chi connectivity index (χ2n) is 5.19. The van der Waals surface area contributed by atoms with E-state index in [9.17, 15) is 9.59 Å². The maximum atomic E-state index is 11.8. The fraction of sp³-hybridized carbons (Fsp3) is 0.105. The normalized spacial score (nSPS) is 10.3. The lowest BCUT2D eigenvalue weighted by Gasteiger charge is -2.06. The van der Waals surface area contributed by atoms with Gasteiger partial charge in [-0.05, 0) is 41.5 Å². The standard InChI is InChI=1S/C19H14Cl2N2O3/c20-16-7-3-14(11-17(16)21)4-8-19(25)26-12-18(24)23-15-5-1-13(2-6-15)9-10-22/h1-8,11H,9,12H2,(H,23,24)/b8-4+. The molecule has 132 valence electrons. The summed E-state index contributed by atoms with van der Waals surface area (Å²) in [4.78, 5) is 23.5. The second kappa shape index (κ2) is 9.62. The van der Waals surface area contributed by atoms with Gasteiger partial charge in [-0.1, -0.05) is 41.4 Å². The van der Waals surface area contributed by atoms with E-state index in [4.69, 9.17) is 33.2 Å². The van der Waals surface area contributed by atoms with Crippen LogP contribution in [0.15, 0.2) is 48.5 Å². The molecule has 26 heavy (non-hydrogen) atoms. The zero-order valence-corrected chi connectivity index (χ0v) is 15.1. The van der Waals surface area contributed by atoms with Crippen molar-refractivity contribution in [2.75, 3.05) is 11.9 Å². The lowest BCUT2D eigenvalue weighted by Crippen LogP contribution is -2.20. The quantitative estimate of drug-likeness (QED) is 0.592. The van der Waals surface area contributed by atoms with Crippen molar-refractivity contribution in [2.45, 2.75) is 6.42 Å². The first-order valence-electron chi connectivity index (χ1n) is 7.53. The molecule has 0 spiro atoms. The van der Waals surface area contributed by atoms with Crippen LogP contribution in [0, 0.1) is 11.3 Å². The van der Waals surface area contributed by atoms with Crippen molar-refractivity contribution in [1.82, 2.24) is 0 Å². The van der Waals surface area contributed by atoms with E-state index in [1.807, 2.05) is 6.07 Å². The van der Waals surface area contributed by atoms with Gasteiger partial charge in [0.15, 0.2) is 6.61 Å². The average molecular weight is 389 g/mol. The molecule has 0 unspecified atom stereocenters. The Morgan fingerprint density at radius 3 is 2.50 bits per heavy atom. The average Bonchev–Trinajstić information content (AvgIpc) is 2.63. The molecule has 0 aliphatic carbocycles. The first-order chi connectivity index (χ1) is 12.5. The molecule has 0 bridgehead atoms. The molecule has 0 atom stereocenters. The minimum Gasteiger partial charge on any atom is -0.452 e. The van der Waals surface area contributed by atoms with E-state index >= 15 is 0 Å². The molecule has 0 radical (unpaired) electrons. The lowest BCUT2D eigenvalue weighted by atomic mass is 10.1. The minimum absolute atomic E-state index is 0.303. The highest BCUT2D eigenvalue weighted by atomic mass is 35.5. The molecule has 0 aliphatic heterocycles. The van der Waals surface area contributed by atoms with Crippen molar-refractivity contribution < 1.29 is 14.3 Å². The topological polar surface area (TPSA) is 79.2 Å². The second-order valence-corrected chi connectivity index (χ2v) is 6.01. The largest absolute Gasteiger partial charge is 0.452 e. The summed E-state index contributed by atoms with van der Waals surface area (Å²) in [5.41, 5.74) is 2.08. The molecule has 2 rings (SSSR count). The fourth-order valence-electron chi connectivity index (χ4n) is 1.96. The van der Waals surface area contributed by atoms with Gasteiger partial charge in [-0.2, -0.15) is 5.26 Å². The number of nitrogens with zero attached hydrogens (tertiary/aromatic N) is 1. The van der Waals surface area contributed by atoms with Crippen LogP contribution in [0.4, 0.5) is 5.69 Å². The third-order valence-electron chi connectivity index (χ3n) is 3.22. The van der Waals surface area contributed by atoms with Crippen LogP contribution in [0.3, 0.4) is 0 Å². The summed E-state index contributed by atoms with van der Waals surface area (Å²) in [6.07, 6.45) is 3.01. The summed E-state index contributed by atoms with van der Waals surface area (Å²) in [5, 5.41) is 12.0. The van der Waals surface area contributed by atoms with Gasteiger partial charge in [0.25, 0.3) is 5.91 Å². The van der Waals surface area contributed by atoms with Crippen LogP contribution in [0.5, 0.6) is 0 Å².